The highest BCUT2D eigenvalue weighted by Crippen LogP contribution is 2.49. The van der Waals surface area contributed by atoms with E-state index in [0.717, 1.165) is 17.7 Å². The molecule has 0 aromatic heterocycles. The molecule has 2 aromatic rings. The largest absolute Gasteiger partial charge is 0.466 e. The van der Waals surface area contributed by atoms with E-state index in [9.17, 15) is 4.79 Å². The molecule has 3 nitrogen and oxygen atoms in total. The van der Waals surface area contributed by atoms with E-state index in [0.29, 0.717) is 12.5 Å². The van der Waals surface area contributed by atoms with Crippen LogP contribution in [0, 0.1) is 0 Å². The third-order valence-corrected chi connectivity index (χ3v) is 5.81. The fourth-order valence-corrected chi connectivity index (χ4v) is 4.68. The number of benzene rings is 2. The molecule has 0 radical (unpaired) electrons. The normalized spacial score (nSPS) is 25.0. The molecule has 1 aliphatic carbocycles. The lowest BCUT2D eigenvalue weighted by Crippen LogP contribution is -2.40. The fourth-order valence-electron chi connectivity index (χ4n) is 4.68. The zero-order valence-electron chi connectivity index (χ0n) is 15.0. The number of aliphatic imine (C=N–C) groups is 1. The number of carbonyl (C=O) groups is 1. The van der Waals surface area contributed by atoms with Gasteiger partial charge in [-0.15, -0.1) is 0 Å². The molecule has 1 aliphatic heterocycles. The van der Waals surface area contributed by atoms with Crippen molar-refractivity contribution in [2.24, 2.45) is 4.99 Å². The van der Waals surface area contributed by atoms with E-state index in [1.54, 1.807) is 0 Å². The summed E-state index contributed by atoms with van der Waals surface area (Å²) in [6.45, 7) is 4.53. The first-order valence-electron chi connectivity index (χ1n) is 9.39. The lowest BCUT2D eigenvalue weighted by atomic mass is 9.66. The summed E-state index contributed by atoms with van der Waals surface area (Å²) in [4.78, 5) is 17.3. The maximum absolute atomic E-state index is 12.1. The summed E-state index contributed by atoms with van der Waals surface area (Å²) in [6.07, 6.45) is 5.00. The topological polar surface area (TPSA) is 38.7 Å². The monoisotopic (exact) mass is 335 g/mol. The molecule has 0 amide bonds. The van der Waals surface area contributed by atoms with Gasteiger partial charge in [-0.2, -0.15) is 0 Å². The smallest absolute Gasteiger partial charge is 0.311 e. The molecule has 4 rings (SSSR count). The van der Waals surface area contributed by atoms with Crippen molar-refractivity contribution in [3.05, 3.63) is 47.5 Å². The van der Waals surface area contributed by atoms with Crippen LogP contribution in [0.4, 0.5) is 0 Å². The van der Waals surface area contributed by atoms with Crippen LogP contribution in [0.3, 0.4) is 0 Å². The molecule has 1 saturated carbocycles. The van der Waals surface area contributed by atoms with Gasteiger partial charge in [-0.1, -0.05) is 49.2 Å². The van der Waals surface area contributed by atoms with Crippen molar-refractivity contribution >= 4 is 22.5 Å². The highest BCUT2D eigenvalue weighted by atomic mass is 16.5. The molecule has 1 fully saturated rings. The van der Waals surface area contributed by atoms with Gasteiger partial charge in [-0.05, 0) is 43.0 Å². The van der Waals surface area contributed by atoms with Gasteiger partial charge in [-0.3, -0.25) is 9.79 Å². The fraction of sp³-hybridized carbons (Fsp3) is 0.455. The van der Waals surface area contributed by atoms with Gasteiger partial charge in [0.2, 0.25) is 0 Å². The van der Waals surface area contributed by atoms with Gasteiger partial charge >= 0.3 is 5.97 Å². The Balaban J connectivity index is 1.89. The maximum Gasteiger partial charge on any atom is 0.311 e. The van der Waals surface area contributed by atoms with Crippen LogP contribution >= 0.6 is 0 Å². The number of carbonyl (C=O) groups excluding carboxylic acids is 1. The Morgan fingerprint density at radius 3 is 2.92 bits per heavy atom. The summed E-state index contributed by atoms with van der Waals surface area (Å²) in [5.74, 6) is 0.256. The molecule has 3 heteroatoms. The Hall–Kier alpha value is -2.16. The molecular weight excluding hydrogens is 310 g/mol. The van der Waals surface area contributed by atoms with Gasteiger partial charge in [0, 0.05) is 11.5 Å². The van der Waals surface area contributed by atoms with Crippen LogP contribution in [-0.4, -0.2) is 23.8 Å². The van der Waals surface area contributed by atoms with E-state index in [2.05, 4.69) is 43.3 Å². The van der Waals surface area contributed by atoms with Crippen molar-refractivity contribution in [2.75, 3.05) is 6.61 Å². The summed E-state index contributed by atoms with van der Waals surface area (Å²) in [5.41, 5.74) is 3.35. The van der Waals surface area contributed by atoms with E-state index in [1.807, 2.05) is 6.92 Å². The average molecular weight is 335 g/mol. The van der Waals surface area contributed by atoms with Crippen LogP contribution in [0.15, 0.2) is 41.4 Å². The second-order valence-corrected chi connectivity index (χ2v) is 7.44. The van der Waals surface area contributed by atoms with Crippen molar-refractivity contribution in [2.45, 2.75) is 57.4 Å². The Morgan fingerprint density at radius 2 is 2.08 bits per heavy atom. The Labute approximate surface area is 149 Å². The first-order chi connectivity index (χ1) is 12.1. The van der Waals surface area contributed by atoms with Crippen molar-refractivity contribution in [1.82, 2.24) is 0 Å². The molecule has 0 unspecified atom stereocenters. The minimum Gasteiger partial charge on any atom is -0.466 e. The molecule has 1 heterocycles. The zero-order valence-corrected chi connectivity index (χ0v) is 15.0. The quantitative estimate of drug-likeness (QED) is 0.739. The molecule has 25 heavy (non-hydrogen) atoms. The van der Waals surface area contributed by atoms with Crippen molar-refractivity contribution < 1.29 is 9.53 Å². The van der Waals surface area contributed by atoms with Crippen molar-refractivity contribution in [1.29, 1.82) is 0 Å². The molecule has 0 saturated heterocycles. The molecular formula is C22H25NO2. The first-order valence-corrected chi connectivity index (χ1v) is 9.39. The van der Waals surface area contributed by atoms with Crippen LogP contribution in [0.1, 0.15) is 63.0 Å². The summed E-state index contributed by atoms with van der Waals surface area (Å²) >= 11 is 0. The Bertz CT molecular complexity index is 854. The van der Waals surface area contributed by atoms with Gasteiger partial charge < -0.3 is 4.74 Å². The van der Waals surface area contributed by atoms with Crippen LogP contribution in [-0.2, 0) is 9.53 Å². The lowest BCUT2D eigenvalue weighted by Gasteiger charge is -2.44. The summed E-state index contributed by atoms with van der Waals surface area (Å²) in [5, 5.41) is 2.58. The van der Waals surface area contributed by atoms with Crippen LogP contribution < -0.4 is 0 Å². The second kappa shape index (κ2) is 6.29. The third-order valence-electron chi connectivity index (χ3n) is 5.81. The first kappa shape index (κ1) is 16.3. The molecule has 2 aliphatic rings. The van der Waals surface area contributed by atoms with E-state index < -0.39 is 0 Å². The highest BCUT2D eigenvalue weighted by molar-refractivity contribution is 6.13. The van der Waals surface area contributed by atoms with Crippen molar-refractivity contribution in [3.8, 4) is 0 Å². The number of nitrogens with zero attached hydrogens (tertiary/aromatic N) is 1. The number of hydrogen-bond acceptors (Lipinski definition) is 3. The molecule has 2 aromatic carbocycles. The SMILES string of the molecule is CCOC(=O)CC1=N[C@@]2(C)CCCC[C@H]2c2c1ccc1ccccc21. The summed E-state index contributed by atoms with van der Waals surface area (Å²) in [6, 6.07) is 12.9. The maximum atomic E-state index is 12.1. The predicted octanol–water partition coefficient (Wildman–Crippen LogP) is 5.01. The second-order valence-electron chi connectivity index (χ2n) is 7.44. The summed E-state index contributed by atoms with van der Waals surface area (Å²) in [7, 11) is 0. The van der Waals surface area contributed by atoms with Crippen molar-refractivity contribution in [3.63, 3.8) is 0 Å². The van der Waals surface area contributed by atoms with Crippen LogP contribution in [0.5, 0.6) is 0 Å². The standard InChI is InChI=1S/C22H25NO2/c1-3-25-20(24)14-19-17-12-11-15-8-4-5-9-16(15)21(17)18-10-6-7-13-22(18,2)23-19/h4-5,8-9,11-12,18H,3,6-7,10,13-14H2,1-2H3/t18-,22-/m0/s1. The van der Waals surface area contributed by atoms with Crippen LogP contribution in [0.2, 0.25) is 0 Å². The number of fused-ring (bicyclic) bond motifs is 5. The Morgan fingerprint density at radius 1 is 1.24 bits per heavy atom. The Kier molecular flexibility index (Phi) is 4.10. The van der Waals surface area contributed by atoms with E-state index >= 15 is 0 Å². The van der Waals surface area contributed by atoms with Crippen LogP contribution in [0.25, 0.3) is 10.8 Å². The van der Waals surface area contributed by atoms with Gasteiger partial charge in [0.25, 0.3) is 0 Å². The molecule has 2 atom stereocenters. The average Bonchev–Trinajstić information content (AvgIpc) is 2.61. The number of ether oxygens (including phenoxy) is 1. The van der Waals surface area contributed by atoms with E-state index in [1.165, 1.54) is 35.6 Å². The van der Waals surface area contributed by atoms with Gasteiger partial charge in [0.15, 0.2) is 0 Å². The third kappa shape index (κ3) is 2.76. The minimum atomic E-state index is -0.182. The van der Waals surface area contributed by atoms with E-state index in [-0.39, 0.29) is 17.9 Å². The molecule has 130 valence electrons. The number of esters is 1. The van der Waals surface area contributed by atoms with E-state index in [4.69, 9.17) is 9.73 Å². The molecule has 0 spiro atoms. The lowest BCUT2D eigenvalue weighted by molar-refractivity contribution is -0.141. The molecule has 0 bridgehead atoms. The van der Waals surface area contributed by atoms with Gasteiger partial charge in [-0.25, -0.2) is 0 Å². The summed E-state index contributed by atoms with van der Waals surface area (Å²) < 4.78 is 5.20. The predicted molar refractivity (Wildman–Crippen MR) is 101 cm³/mol. The minimum absolute atomic E-state index is 0.1000. The van der Waals surface area contributed by atoms with Gasteiger partial charge in [0.05, 0.1) is 24.3 Å². The number of hydrogen-bond donors (Lipinski definition) is 0. The zero-order chi connectivity index (χ0) is 17.4. The van der Waals surface area contributed by atoms with Gasteiger partial charge in [0.1, 0.15) is 0 Å². The number of rotatable bonds is 3. The molecule has 0 N–H and O–H groups in total. The highest BCUT2D eigenvalue weighted by Gasteiger charge is 2.43.